The molecule has 1 heterocycles. The van der Waals surface area contributed by atoms with E-state index in [1.807, 2.05) is 0 Å². The van der Waals surface area contributed by atoms with Gasteiger partial charge in [0.1, 0.15) is 0 Å². The van der Waals surface area contributed by atoms with Gasteiger partial charge >= 0.3 is 0 Å². The molecule has 1 amide bonds. The molecule has 0 aromatic heterocycles. The van der Waals surface area contributed by atoms with Crippen LogP contribution < -0.4 is 16.0 Å². The van der Waals surface area contributed by atoms with Crippen molar-refractivity contribution >= 4 is 35.8 Å². The number of halogens is 1. The fraction of sp³-hybridized carbons (Fsp3) is 0.895. The number of aliphatic imine (C=N–C) groups is 1. The minimum absolute atomic E-state index is 0. The molecule has 2 rings (SSSR count). The highest BCUT2D eigenvalue weighted by Gasteiger charge is 2.22. The third kappa shape index (κ3) is 8.41. The van der Waals surface area contributed by atoms with Crippen LogP contribution in [0.1, 0.15) is 58.3 Å². The molecule has 1 saturated carbocycles. The number of rotatable bonds is 8. The van der Waals surface area contributed by atoms with Gasteiger partial charge in [-0.3, -0.25) is 14.7 Å². The van der Waals surface area contributed by atoms with Gasteiger partial charge in [-0.05, 0) is 44.7 Å². The van der Waals surface area contributed by atoms with E-state index in [1.165, 1.54) is 51.5 Å². The smallest absolute Gasteiger partial charge is 0.220 e. The van der Waals surface area contributed by atoms with E-state index in [9.17, 15) is 4.79 Å². The van der Waals surface area contributed by atoms with E-state index in [4.69, 9.17) is 0 Å². The Labute approximate surface area is 176 Å². The molecule has 152 valence electrons. The molecule has 0 spiro atoms. The maximum Gasteiger partial charge on any atom is 0.220 e. The number of carbonyl (C=O) groups is 1. The zero-order chi connectivity index (χ0) is 17.9. The zero-order valence-corrected chi connectivity index (χ0v) is 18.9. The summed E-state index contributed by atoms with van der Waals surface area (Å²) in [5.74, 6) is 1.62. The number of amides is 1. The predicted octanol–water partition coefficient (Wildman–Crippen LogP) is 2.34. The minimum atomic E-state index is 0. The van der Waals surface area contributed by atoms with Crippen LogP contribution in [0.3, 0.4) is 0 Å². The van der Waals surface area contributed by atoms with Crippen LogP contribution in [-0.2, 0) is 4.79 Å². The SMILES string of the molecule is CCN1CCCC1CNC(=NC)NCCNC(=O)CC1CCCCC1.I. The summed E-state index contributed by atoms with van der Waals surface area (Å²) in [6, 6.07) is 0.610. The van der Waals surface area contributed by atoms with Crippen molar-refractivity contribution in [3.05, 3.63) is 0 Å². The maximum atomic E-state index is 12.0. The summed E-state index contributed by atoms with van der Waals surface area (Å²) in [5, 5.41) is 9.74. The first-order valence-corrected chi connectivity index (χ1v) is 10.2. The van der Waals surface area contributed by atoms with Crippen LogP contribution in [0.25, 0.3) is 0 Å². The van der Waals surface area contributed by atoms with E-state index in [0.717, 1.165) is 19.0 Å². The van der Waals surface area contributed by atoms with Crippen LogP contribution in [0, 0.1) is 5.92 Å². The molecule has 2 fully saturated rings. The molecule has 1 saturated heterocycles. The Balaban J connectivity index is 0.00000338. The van der Waals surface area contributed by atoms with E-state index in [-0.39, 0.29) is 29.9 Å². The number of hydrogen-bond donors (Lipinski definition) is 3. The van der Waals surface area contributed by atoms with Crippen molar-refractivity contribution in [2.75, 3.05) is 39.8 Å². The average molecular weight is 479 g/mol. The molecular formula is C19H38IN5O. The third-order valence-electron chi connectivity index (χ3n) is 5.57. The Morgan fingerprint density at radius 2 is 1.77 bits per heavy atom. The first kappa shape index (κ1) is 23.5. The molecule has 2 aliphatic rings. The lowest BCUT2D eigenvalue weighted by Gasteiger charge is -2.24. The molecule has 0 radical (unpaired) electrons. The van der Waals surface area contributed by atoms with Crippen LogP contribution in [0.5, 0.6) is 0 Å². The molecule has 3 N–H and O–H groups in total. The monoisotopic (exact) mass is 479 g/mol. The van der Waals surface area contributed by atoms with Crippen LogP contribution in [0.2, 0.25) is 0 Å². The summed E-state index contributed by atoms with van der Waals surface area (Å²) in [4.78, 5) is 18.8. The molecule has 1 unspecified atom stereocenters. The number of likely N-dealkylation sites (N-methyl/N-ethyl adjacent to an activating group) is 1. The number of likely N-dealkylation sites (tertiary alicyclic amines) is 1. The first-order chi connectivity index (χ1) is 12.2. The highest BCUT2D eigenvalue weighted by atomic mass is 127. The van der Waals surface area contributed by atoms with Crippen molar-refractivity contribution in [1.29, 1.82) is 0 Å². The first-order valence-electron chi connectivity index (χ1n) is 10.2. The maximum absolute atomic E-state index is 12.0. The third-order valence-corrected chi connectivity index (χ3v) is 5.57. The normalized spacial score (nSPS) is 21.9. The van der Waals surface area contributed by atoms with E-state index in [1.54, 1.807) is 7.05 Å². The summed E-state index contributed by atoms with van der Waals surface area (Å²) in [5.41, 5.74) is 0. The lowest BCUT2D eigenvalue weighted by molar-refractivity contribution is -0.122. The van der Waals surface area contributed by atoms with Crippen molar-refractivity contribution in [1.82, 2.24) is 20.9 Å². The van der Waals surface area contributed by atoms with Crippen LogP contribution >= 0.6 is 24.0 Å². The van der Waals surface area contributed by atoms with Gasteiger partial charge in [-0.2, -0.15) is 0 Å². The Hall–Kier alpha value is -0.570. The highest BCUT2D eigenvalue weighted by molar-refractivity contribution is 14.0. The van der Waals surface area contributed by atoms with Crippen molar-refractivity contribution in [3.63, 3.8) is 0 Å². The van der Waals surface area contributed by atoms with Gasteiger partial charge in [0.15, 0.2) is 5.96 Å². The van der Waals surface area contributed by atoms with Gasteiger partial charge in [-0.25, -0.2) is 0 Å². The Morgan fingerprint density at radius 3 is 2.46 bits per heavy atom. The number of hydrogen-bond acceptors (Lipinski definition) is 3. The average Bonchev–Trinajstić information content (AvgIpc) is 3.09. The van der Waals surface area contributed by atoms with Crippen molar-refractivity contribution in [3.8, 4) is 0 Å². The minimum Gasteiger partial charge on any atom is -0.355 e. The second-order valence-electron chi connectivity index (χ2n) is 7.36. The number of carbonyl (C=O) groups excluding carboxylic acids is 1. The van der Waals surface area contributed by atoms with Crippen LogP contribution in [-0.4, -0.2) is 62.6 Å². The molecule has 6 nitrogen and oxygen atoms in total. The van der Waals surface area contributed by atoms with Crippen molar-refractivity contribution in [2.45, 2.75) is 64.3 Å². The van der Waals surface area contributed by atoms with Gasteiger partial charge in [-0.15, -0.1) is 24.0 Å². The molecular weight excluding hydrogens is 441 g/mol. The molecule has 1 aliphatic heterocycles. The van der Waals surface area contributed by atoms with E-state index in [2.05, 4.69) is 32.8 Å². The molecule has 1 aliphatic carbocycles. The Kier molecular flexibility index (Phi) is 12.3. The van der Waals surface area contributed by atoms with Gasteiger partial charge in [0.05, 0.1) is 0 Å². The lowest BCUT2D eigenvalue weighted by atomic mass is 9.87. The standard InChI is InChI=1S/C19H37N5O.HI/c1-3-24-13-7-10-17(24)15-23-19(20-2)22-12-11-21-18(25)14-16-8-5-4-6-9-16;/h16-17H,3-15H2,1-2H3,(H,21,25)(H2,20,22,23);1H. The Bertz CT molecular complexity index is 426. The van der Waals surface area contributed by atoms with Gasteiger partial charge in [0.25, 0.3) is 0 Å². The zero-order valence-electron chi connectivity index (χ0n) is 16.6. The molecule has 1 atom stereocenters. The Morgan fingerprint density at radius 1 is 1.04 bits per heavy atom. The number of nitrogens with one attached hydrogen (secondary N) is 3. The summed E-state index contributed by atoms with van der Waals surface area (Å²) in [7, 11) is 1.79. The second-order valence-corrected chi connectivity index (χ2v) is 7.36. The molecule has 0 aromatic carbocycles. The van der Waals surface area contributed by atoms with Crippen molar-refractivity contribution in [2.24, 2.45) is 10.9 Å². The quantitative estimate of drug-likeness (QED) is 0.216. The second kappa shape index (κ2) is 13.6. The summed E-state index contributed by atoms with van der Waals surface area (Å²) in [6.07, 6.45) is 9.60. The van der Waals surface area contributed by atoms with Crippen LogP contribution in [0.4, 0.5) is 0 Å². The number of nitrogens with zero attached hydrogens (tertiary/aromatic N) is 2. The largest absolute Gasteiger partial charge is 0.355 e. The topological polar surface area (TPSA) is 68.8 Å². The van der Waals surface area contributed by atoms with Gasteiger partial charge < -0.3 is 16.0 Å². The molecule has 7 heteroatoms. The number of guanidine groups is 1. The fourth-order valence-corrected chi connectivity index (χ4v) is 4.09. The molecule has 0 aromatic rings. The van der Waals surface area contributed by atoms with Gasteiger partial charge in [0.2, 0.25) is 5.91 Å². The van der Waals surface area contributed by atoms with Crippen molar-refractivity contribution < 1.29 is 4.79 Å². The van der Waals surface area contributed by atoms with E-state index < -0.39 is 0 Å². The molecule has 26 heavy (non-hydrogen) atoms. The van der Waals surface area contributed by atoms with E-state index >= 15 is 0 Å². The summed E-state index contributed by atoms with van der Waals surface area (Å²) >= 11 is 0. The summed E-state index contributed by atoms with van der Waals surface area (Å²) < 4.78 is 0. The summed E-state index contributed by atoms with van der Waals surface area (Å²) in [6.45, 7) is 6.84. The fourth-order valence-electron chi connectivity index (χ4n) is 4.09. The van der Waals surface area contributed by atoms with E-state index in [0.29, 0.717) is 31.5 Å². The highest BCUT2D eigenvalue weighted by Crippen LogP contribution is 2.25. The lowest BCUT2D eigenvalue weighted by Crippen LogP contribution is -2.46. The molecule has 0 bridgehead atoms. The van der Waals surface area contributed by atoms with Gasteiger partial charge in [0, 0.05) is 39.1 Å². The van der Waals surface area contributed by atoms with Gasteiger partial charge in [-0.1, -0.05) is 26.2 Å². The van der Waals surface area contributed by atoms with Crippen LogP contribution in [0.15, 0.2) is 4.99 Å². The predicted molar refractivity (Wildman–Crippen MR) is 119 cm³/mol.